The molecule has 0 saturated heterocycles. The Balaban J connectivity index is 0.00000242. The molecule has 0 unspecified atom stereocenters. The van der Waals surface area contributed by atoms with Crippen LogP contribution in [0.4, 0.5) is 8.78 Å². The standard InChI is InChI=1S/C17H20F2N2.ClH/c18-16-6-7-17(19)15(12-16)13-21(11-9-20)10-8-14-4-2-1-3-5-14;/h1-7,12H,8-11,13,20H2;1H. The van der Waals surface area contributed by atoms with Crippen LogP contribution in [-0.2, 0) is 13.0 Å². The Labute approximate surface area is 136 Å². The molecule has 2 aromatic rings. The number of rotatable bonds is 7. The molecule has 0 aliphatic heterocycles. The first kappa shape index (κ1) is 18.6. The summed E-state index contributed by atoms with van der Waals surface area (Å²) in [6.45, 7) is 2.28. The second-order valence-corrected chi connectivity index (χ2v) is 5.04. The lowest BCUT2D eigenvalue weighted by Gasteiger charge is -2.22. The first-order chi connectivity index (χ1) is 10.2. The highest BCUT2D eigenvalue weighted by molar-refractivity contribution is 5.85. The van der Waals surface area contributed by atoms with Gasteiger partial charge in [-0.2, -0.15) is 0 Å². The maximum atomic E-state index is 13.7. The van der Waals surface area contributed by atoms with Crippen molar-refractivity contribution in [2.45, 2.75) is 13.0 Å². The number of hydrogen-bond donors (Lipinski definition) is 1. The fraction of sp³-hybridized carbons (Fsp3) is 0.294. The van der Waals surface area contributed by atoms with Gasteiger partial charge in [0.15, 0.2) is 0 Å². The van der Waals surface area contributed by atoms with Crippen molar-refractivity contribution in [2.75, 3.05) is 19.6 Å². The third-order valence-corrected chi connectivity index (χ3v) is 3.41. The molecule has 0 amide bonds. The molecule has 0 atom stereocenters. The van der Waals surface area contributed by atoms with E-state index in [0.29, 0.717) is 25.2 Å². The van der Waals surface area contributed by atoms with Gasteiger partial charge in [-0.3, -0.25) is 4.90 Å². The monoisotopic (exact) mass is 326 g/mol. The van der Waals surface area contributed by atoms with E-state index in [-0.39, 0.29) is 18.2 Å². The van der Waals surface area contributed by atoms with Gasteiger partial charge < -0.3 is 5.73 Å². The minimum Gasteiger partial charge on any atom is -0.329 e. The van der Waals surface area contributed by atoms with Gasteiger partial charge >= 0.3 is 0 Å². The zero-order valence-electron chi connectivity index (χ0n) is 12.3. The van der Waals surface area contributed by atoms with Crippen LogP contribution in [0.5, 0.6) is 0 Å². The number of nitrogens with zero attached hydrogens (tertiary/aromatic N) is 1. The van der Waals surface area contributed by atoms with Gasteiger partial charge in [-0.05, 0) is 30.2 Å². The van der Waals surface area contributed by atoms with Gasteiger partial charge in [0.1, 0.15) is 11.6 Å². The molecular formula is C17H21ClF2N2. The van der Waals surface area contributed by atoms with E-state index in [0.717, 1.165) is 19.0 Å². The van der Waals surface area contributed by atoms with Crippen molar-refractivity contribution in [1.29, 1.82) is 0 Å². The molecule has 0 spiro atoms. The Hall–Kier alpha value is -1.49. The number of hydrogen-bond acceptors (Lipinski definition) is 2. The Morgan fingerprint density at radius 1 is 0.955 bits per heavy atom. The summed E-state index contributed by atoms with van der Waals surface area (Å²) in [5.41, 5.74) is 7.20. The molecule has 5 heteroatoms. The first-order valence-electron chi connectivity index (χ1n) is 7.09. The van der Waals surface area contributed by atoms with E-state index in [1.54, 1.807) is 0 Å². The Morgan fingerprint density at radius 2 is 1.68 bits per heavy atom. The molecular weight excluding hydrogens is 306 g/mol. The van der Waals surface area contributed by atoms with Gasteiger partial charge in [0.2, 0.25) is 0 Å². The summed E-state index contributed by atoms with van der Waals surface area (Å²) in [5.74, 6) is -0.791. The minimum absolute atomic E-state index is 0. The SMILES string of the molecule is Cl.NCCN(CCc1ccccc1)Cc1cc(F)ccc1F. The van der Waals surface area contributed by atoms with Gasteiger partial charge in [-0.1, -0.05) is 30.3 Å². The van der Waals surface area contributed by atoms with E-state index in [4.69, 9.17) is 5.73 Å². The lowest BCUT2D eigenvalue weighted by molar-refractivity contribution is 0.272. The van der Waals surface area contributed by atoms with Crippen molar-refractivity contribution in [3.05, 3.63) is 71.3 Å². The zero-order valence-corrected chi connectivity index (χ0v) is 13.2. The summed E-state index contributed by atoms with van der Waals surface area (Å²) >= 11 is 0. The third kappa shape index (κ3) is 5.72. The van der Waals surface area contributed by atoms with Gasteiger partial charge in [-0.15, -0.1) is 12.4 Å². The molecule has 0 bridgehead atoms. The Morgan fingerprint density at radius 3 is 2.36 bits per heavy atom. The molecule has 2 nitrogen and oxygen atoms in total. The van der Waals surface area contributed by atoms with Crippen LogP contribution in [0.3, 0.4) is 0 Å². The molecule has 0 saturated carbocycles. The van der Waals surface area contributed by atoms with E-state index < -0.39 is 5.82 Å². The molecule has 120 valence electrons. The maximum Gasteiger partial charge on any atom is 0.127 e. The van der Waals surface area contributed by atoms with Crippen LogP contribution in [0.15, 0.2) is 48.5 Å². The number of halogens is 3. The molecule has 0 fully saturated rings. The molecule has 0 radical (unpaired) electrons. The summed E-state index contributed by atoms with van der Waals surface area (Å²) in [4.78, 5) is 2.05. The van der Waals surface area contributed by atoms with Crippen LogP contribution in [0.2, 0.25) is 0 Å². The molecule has 0 heterocycles. The lowest BCUT2D eigenvalue weighted by atomic mass is 10.1. The zero-order chi connectivity index (χ0) is 15.1. The van der Waals surface area contributed by atoms with Crippen molar-refractivity contribution >= 4 is 12.4 Å². The van der Waals surface area contributed by atoms with Gasteiger partial charge in [0.25, 0.3) is 0 Å². The van der Waals surface area contributed by atoms with Crippen molar-refractivity contribution < 1.29 is 8.78 Å². The van der Waals surface area contributed by atoms with Crippen LogP contribution < -0.4 is 5.73 Å². The first-order valence-corrected chi connectivity index (χ1v) is 7.09. The average molecular weight is 327 g/mol. The lowest BCUT2D eigenvalue weighted by Crippen LogP contribution is -2.31. The third-order valence-electron chi connectivity index (χ3n) is 3.41. The molecule has 0 aromatic heterocycles. The van der Waals surface area contributed by atoms with Gasteiger partial charge in [-0.25, -0.2) is 8.78 Å². The van der Waals surface area contributed by atoms with Crippen LogP contribution in [-0.4, -0.2) is 24.5 Å². The molecule has 2 rings (SSSR count). The second-order valence-electron chi connectivity index (χ2n) is 5.04. The summed E-state index contributed by atoms with van der Waals surface area (Å²) < 4.78 is 26.9. The maximum absolute atomic E-state index is 13.7. The van der Waals surface area contributed by atoms with E-state index in [2.05, 4.69) is 12.1 Å². The van der Waals surface area contributed by atoms with Crippen LogP contribution in [0.25, 0.3) is 0 Å². The Bertz CT molecular complexity index is 564. The fourth-order valence-corrected chi connectivity index (χ4v) is 2.29. The predicted octanol–water partition coefficient (Wildman–Crippen LogP) is 3.39. The van der Waals surface area contributed by atoms with E-state index >= 15 is 0 Å². The van der Waals surface area contributed by atoms with Crippen LogP contribution in [0.1, 0.15) is 11.1 Å². The number of benzene rings is 2. The van der Waals surface area contributed by atoms with Gasteiger partial charge in [0, 0.05) is 31.7 Å². The summed E-state index contributed by atoms with van der Waals surface area (Å²) in [6, 6.07) is 13.6. The summed E-state index contributed by atoms with van der Waals surface area (Å²) in [6.07, 6.45) is 0.859. The van der Waals surface area contributed by atoms with Crippen molar-refractivity contribution in [3.63, 3.8) is 0 Å². The van der Waals surface area contributed by atoms with Crippen LogP contribution in [0, 0.1) is 11.6 Å². The Kier molecular flexibility index (Phi) is 8.02. The fourth-order valence-electron chi connectivity index (χ4n) is 2.29. The number of nitrogens with two attached hydrogens (primary N) is 1. The molecule has 0 aliphatic carbocycles. The highest BCUT2D eigenvalue weighted by atomic mass is 35.5. The summed E-state index contributed by atoms with van der Waals surface area (Å²) in [5, 5.41) is 0. The summed E-state index contributed by atoms with van der Waals surface area (Å²) in [7, 11) is 0. The molecule has 2 N–H and O–H groups in total. The largest absolute Gasteiger partial charge is 0.329 e. The quantitative estimate of drug-likeness (QED) is 0.845. The van der Waals surface area contributed by atoms with Crippen molar-refractivity contribution in [3.8, 4) is 0 Å². The predicted molar refractivity (Wildman–Crippen MR) is 88.1 cm³/mol. The topological polar surface area (TPSA) is 29.3 Å². The van der Waals surface area contributed by atoms with Crippen LogP contribution >= 0.6 is 12.4 Å². The highest BCUT2D eigenvalue weighted by Gasteiger charge is 2.10. The highest BCUT2D eigenvalue weighted by Crippen LogP contribution is 2.13. The van der Waals surface area contributed by atoms with Gasteiger partial charge in [0.05, 0.1) is 0 Å². The molecule has 22 heavy (non-hydrogen) atoms. The second kappa shape index (κ2) is 9.51. The minimum atomic E-state index is -0.415. The van der Waals surface area contributed by atoms with Crippen molar-refractivity contribution in [1.82, 2.24) is 4.90 Å². The molecule has 2 aromatic carbocycles. The van der Waals surface area contributed by atoms with E-state index in [1.165, 1.54) is 17.7 Å². The van der Waals surface area contributed by atoms with E-state index in [1.807, 2.05) is 23.1 Å². The average Bonchev–Trinajstić information content (AvgIpc) is 2.50. The normalized spacial score (nSPS) is 10.5. The molecule has 0 aliphatic rings. The van der Waals surface area contributed by atoms with Crippen molar-refractivity contribution in [2.24, 2.45) is 5.73 Å². The smallest absolute Gasteiger partial charge is 0.127 e. The van der Waals surface area contributed by atoms with E-state index in [9.17, 15) is 8.78 Å².